The van der Waals surface area contributed by atoms with Crippen LogP contribution in [0.1, 0.15) is 24.8 Å². The van der Waals surface area contributed by atoms with Crippen molar-refractivity contribution in [1.82, 2.24) is 10.3 Å². The van der Waals surface area contributed by atoms with Crippen LogP contribution in [0.2, 0.25) is 0 Å². The molecule has 19 heavy (non-hydrogen) atoms. The maximum absolute atomic E-state index is 10.8. The molecule has 1 fully saturated rings. The molecule has 6 heteroatoms. The lowest BCUT2D eigenvalue weighted by Crippen LogP contribution is -2.33. The van der Waals surface area contributed by atoms with Gasteiger partial charge < -0.3 is 10.2 Å². The summed E-state index contributed by atoms with van der Waals surface area (Å²) < 4.78 is 0. The lowest BCUT2D eigenvalue weighted by molar-refractivity contribution is -0.385. The number of aryl methyl sites for hydroxylation is 1. The van der Waals surface area contributed by atoms with Crippen molar-refractivity contribution in [3.63, 3.8) is 0 Å². The predicted octanol–water partition coefficient (Wildman–Crippen LogP) is 1.88. The predicted molar refractivity (Wildman–Crippen MR) is 74.5 cm³/mol. The van der Waals surface area contributed by atoms with Gasteiger partial charge in [0.1, 0.15) is 12.0 Å². The maximum atomic E-state index is 10.8. The van der Waals surface area contributed by atoms with Gasteiger partial charge in [0.15, 0.2) is 0 Å². The Morgan fingerprint density at radius 1 is 1.47 bits per heavy atom. The summed E-state index contributed by atoms with van der Waals surface area (Å²) in [6.45, 7) is 3.84. The highest BCUT2D eigenvalue weighted by Crippen LogP contribution is 2.24. The van der Waals surface area contributed by atoms with Crippen LogP contribution in [0.25, 0.3) is 0 Å². The Morgan fingerprint density at radius 3 is 2.95 bits per heavy atom. The van der Waals surface area contributed by atoms with Crippen LogP contribution in [0.5, 0.6) is 0 Å². The second-order valence-electron chi connectivity index (χ2n) is 5.03. The van der Waals surface area contributed by atoms with Crippen LogP contribution in [0.15, 0.2) is 12.3 Å². The van der Waals surface area contributed by atoms with E-state index in [9.17, 15) is 10.1 Å². The second kappa shape index (κ2) is 5.97. The monoisotopic (exact) mass is 264 g/mol. The molecule has 2 rings (SSSR count). The SMILES string of the molecule is Cc1cc(N(C)C2CCCNCC2)ncc1[N+](=O)[O-]. The van der Waals surface area contributed by atoms with Gasteiger partial charge in [0.2, 0.25) is 0 Å². The first-order valence-corrected chi connectivity index (χ1v) is 6.64. The molecule has 1 N–H and O–H groups in total. The Hall–Kier alpha value is -1.69. The van der Waals surface area contributed by atoms with Gasteiger partial charge in [0, 0.05) is 18.7 Å². The van der Waals surface area contributed by atoms with E-state index in [0.717, 1.165) is 38.2 Å². The summed E-state index contributed by atoms with van der Waals surface area (Å²) >= 11 is 0. The van der Waals surface area contributed by atoms with Crippen molar-refractivity contribution in [2.75, 3.05) is 25.0 Å². The summed E-state index contributed by atoms with van der Waals surface area (Å²) in [6.07, 6.45) is 4.71. The van der Waals surface area contributed by atoms with Gasteiger partial charge >= 0.3 is 0 Å². The molecular formula is C13H20N4O2. The zero-order valence-electron chi connectivity index (χ0n) is 11.4. The van der Waals surface area contributed by atoms with Crippen LogP contribution in [0, 0.1) is 17.0 Å². The van der Waals surface area contributed by atoms with Gasteiger partial charge in [0.05, 0.1) is 4.92 Å². The van der Waals surface area contributed by atoms with E-state index in [4.69, 9.17) is 0 Å². The largest absolute Gasteiger partial charge is 0.357 e. The quantitative estimate of drug-likeness (QED) is 0.666. The molecule has 1 atom stereocenters. The first-order chi connectivity index (χ1) is 9.09. The standard InChI is InChI=1S/C13H20N4O2/c1-10-8-13(15-9-12(10)17(18)19)16(2)11-4-3-6-14-7-5-11/h8-9,11,14H,3-7H2,1-2H3. The van der Waals surface area contributed by atoms with E-state index in [1.807, 2.05) is 7.05 Å². The first-order valence-electron chi connectivity index (χ1n) is 6.64. The van der Waals surface area contributed by atoms with Gasteiger partial charge in [-0.3, -0.25) is 10.1 Å². The first kappa shape index (κ1) is 13.7. The minimum Gasteiger partial charge on any atom is -0.357 e. The number of rotatable bonds is 3. The fraction of sp³-hybridized carbons (Fsp3) is 0.615. The molecule has 104 valence electrons. The molecule has 1 aliphatic rings. The topological polar surface area (TPSA) is 71.3 Å². The molecule has 0 saturated carbocycles. The third-order valence-corrected chi connectivity index (χ3v) is 3.72. The van der Waals surface area contributed by atoms with E-state index in [-0.39, 0.29) is 10.6 Å². The Labute approximate surface area is 113 Å². The van der Waals surface area contributed by atoms with Crippen LogP contribution >= 0.6 is 0 Å². The lowest BCUT2D eigenvalue weighted by atomic mass is 10.1. The highest BCUT2D eigenvalue weighted by Gasteiger charge is 2.20. The number of anilines is 1. The highest BCUT2D eigenvalue weighted by atomic mass is 16.6. The molecule has 1 aromatic rings. The van der Waals surface area contributed by atoms with Crippen molar-refractivity contribution >= 4 is 11.5 Å². The van der Waals surface area contributed by atoms with Crippen LogP contribution in [-0.4, -0.2) is 36.1 Å². The van der Waals surface area contributed by atoms with Crippen molar-refractivity contribution < 1.29 is 4.92 Å². The smallest absolute Gasteiger partial charge is 0.290 e. The van der Waals surface area contributed by atoms with Gasteiger partial charge in [-0.05, 0) is 45.3 Å². The summed E-state index contributed by atoms with van der Waals surface area (Å²) in [7, 11) is 2.02. The number of aromatic nitrogens is 1. The molecule has 0 aromatic carbocycles. The molecule has 0 spiro atoms. The summed E-state index contributed by atoms with van der Waals surface area (Å²) in [5.74, 6) is 0.815. The summed E-state index contributed by atoms with van der Waals surface area (Å²) in [6, 6.07) is 2.25. The van der Waals surface area contributed by atoms with Crippen molar-refractivity contribution in [3.8, 4) is 0 Å². The Kier molecular flexibility index (Phi) is 4.31. The van der Waals surface area contributed by atoms with E-state index in [2.05, 4.69) is 15.2 Å². The number of pyridine rings is 1. The molecule has 0 amide bonds. The average Bonchev–Trinajstić information content (AvgIpc) is 2.66. The molecule has 6 nitrogen and oxygen atoms in total. The zero-order chi connectivity index (χ0) is 13.8. The molecule has 1 aliphatic heterocycles. The lowest BCUT2D eigenvalue weighted by Gasteiger charge is -2.28. The Morgan fingerprint density at radius 2 is 2.26 bits per heavy atom. The van der Waals surface area contributed by atoms with Gasteiger partial charge in [-0.15, -0.1) is 0 Å². The third-order valence-electron chi connectivity index (χ3n) is 3.72. The molecule has 1 saturated heterocycles. The highest BCUT2D eigenvalue weighted by molar-refractivity contribution is 5.48. The maximum Gasteiger partial charge on any atom is 0.290 e. The van der Waals surface area contributed by atoms with Crippen molar-refractivity contribution in [2.45, 2.75) is 32.2 Å². The van der Waals surface area contributed by atoms with Crippen molar-refractivity contribution in [3.05, 3.63) is 27.9 Å². The van der Waals surface area contributed by atoms with Crippen LogP contribution in [0.3, 0.4) is 0 Å². The number of hydrogen-bond acceptors (Lipinski definition) is 5. The average molecular weight is 264 g/mol. The molecule has 1 unspecified atom stereocenters. The van der Waals surface area contributed by atoms with E-state index >= 15 is 0 Å². The number of nitrogens with one attached hydrogen (secondary N) is 1. The molecule has 0 aliphatic carbocycles. The van der Waals surface area contributed by atoms with Gasteiger partial charge in [-0.25, -0.2) is 4.98 Å². The summed E-state index contributed by atoms with van der Waals surface area (Å²) in [5, 5.41) is 14.2. The molecule has 2 heterocycles. The van der Waals surface area contributed by atoms with Crippen LogP contribution < -0.4 is 10.2 Å². The van der Waals surface area contributed by atoms with E-state index in [1.165, 1.54) is 6.20 Å². The Balaban J connectivity index is 2.16. The minimum atomic E-state index is -0.387. The van der Waals surface area contributed by atoms with E-state index < -0.39 is 0 Å². The third kappa shape index (κ3) is 3.20. The van der Waals surface area contributed by atoms with Crippen molar-refractivity contribution in [2.24, 2.45) is 0 Å². The minimum absolute atomic E-state index is 0.0830. The fourth-order valence-corrected chi connectivity index (χ4v) is 2.49. The van der Waals surface area contributed by atoms with Crippen LogP contribution in [-0.2, 0) is 0 Å². The van der Waals surface area contributed by atoms with Crippen molar-refractivity contribution in [1.29, 1.82) is 0 Å². The van der Waals surface area contributed by atoms with Crippen LogP contribution in [0.4, 0.5) is 11.5 Å². The molecule has 0 radical (unpaired) electrons. The number of hydrogen-bond donors (Lipinski definition) is 1. The zero-order valence-corrected chi connectivity index (χ0v) is 11.4. The summed E-state index contributed by atoms with van der Waals surface area (Å²) in [4.78, 5) is 16.8. The van der Waals surface area contributed by atoms with Gasteiger partial charge in [0.25, 0.3) is 5.69 Å². The molecular weight excluding hydrogens is 244 g/mol. The van der Waals surface area contributed by atoms with Gasteiger partial charge in [-0.2, -0.15) is 0 Å². The molecule has 1 aromatic heterocycles. The fourth-order valence-electron chi connectivity index (χ4n) is 2.49. The summed E-state index contributed by atoms with van der Waals surface area (Å²) in [5.41, 5.74) is 0.744. The second-order valence-corrected chi connectivity index (χ2v) is 5.03. The van der Waals surface area contributed by atoms with E-state index in [1.54, 1.807) is 13.0 Å². The van der Waals surface area contributed by atoms with Gasteiger partial charge in [-0.1, -0.05) is 0 Å². The normalized spacial score (nSPS) is 19.8. The number of nitrogens with zero attached hydrogens (tertiary/aromatic N) is 3. The number of nitro groups is 1. The molecule has 0 bridgehead atoms. The van der Waals surface area contributed by atoms with E-state index in [0.29, 0.717) is 11.6 Å². The Bertz CT molecular complexity index is 456.